The summed E-state index contributed by atoms with van der Waals surface area (Å²) in [5, 5.41) is 12.9. The molecule has 1 unspecified atom stereocenters. The third-order valence-corrected chi connectivity index (χ3v) is 6.89. The van der Waals surface area contributed by atoms with Gasteiger partial charge in [-0.3, -0.25) is 14.6 Å². The van der Waals surface area contributed by atoms with Crippen molar-refractivity contribution in [2.75, 3.05) is 19.7 Å². The average molecular weight is 419 g/mol. The second-order valence-electron chi connectivity index (χ2n) is 9.19. The minimum Gasteiger partial charge on any atom is -0.476 e. The molecular weight excluding hydrogens is 388 g/mol. The number of pyridine rings is 1. The summed E-state index contributed by atoms with van der Waals surface area (Å²) in [6.07, 6.45) is 6.22. The lowest BCUT2D eigenvalue weighted by Crippen LogP contribution is -2.23. The molecular formula is C24H30N6O. The van der Waals surface area contributed by atoms with Gasteiger partial charge in [0, 0.05) is 38.9 Å². The van der Waals surface area contributed by atoms with Crippen LogP contribution in [0.2, 0.25) is 0 Å². The summed E-state index contributed by atoms with van der Waals surface area (Å²) in [6.45, 7) is 8.24. The van der Waals surface area contributed by atoms with Crippen molar-refractivity contribution in [3.63, 3.8) is 0 Å². The van der Waals surface area contributed by atoms with Crippen LogP contribution in [0, 0.1) is 31.6 Å². The first-order chi connectivity index (χ1) is 15.1. The molecule has 2 aliphatic rings. The number of ether oxygens (including phenoxy) is 1. The molecule has 3 atom stereocenters. The van der Waals surface area contributed by atoms with E-state index in [1.165, 1.54) is 37.2 Å². The van der Waals surface area contributed by atoms with Gasteiger partial charge >= 0.3 is 0 Å². The maximum absolute atomic E-state index is 6.01. The molecule has 0 spiro atoms. The van der Waals surface area contributed by atoms with Gasteiger partial charge in [0.25, 0.3) is 0 Å². The van der Waals surface area contributed by atoms with Crippen molar-refractivity contribution in [3.8, 4) is 17.3 Å². The minimum atomic E-state index is 0.605. The number of aryl methyl sites for hydroxylation is 3. The van der Waals surface area contributed by atoms with Crippen LogP contribution >= 0.6 is 0 Å². The minimum absolute atomic E-state index is 0.605. The Morgan fingerprint density at radius 2 is 1.84 bits per heavy atom. The summed E-state index contributed by atoms with van der Waals surface area (Å²) in [6, 6.07) is 8.05. The van der Waals surface area contributed by atoms with Gasteiger partial charge in [-0.05, 0) is 67.7 Å². The van der Waals surface area contributed by atoms with Crippen LogP contribution in [0.4, 0.5) is 0 Å². The molecule has 0 amide bonds. The van der Waals surface area contributed by atoms with E-state index in [4.69, 9.17) is 4.74 Å². The number of hydrogen-bond acceptors (Lipinski definition) is 6. The number of aromatic nitrogens is 5. The molecule has 0 aromatic carbocycles. The van der Waals surface area contributed by atoms with Crippen LogP contribution < -0.4 is 4.74 Å². The van der Waals surface area contributed by atoms with E-state index in [-0.39, 0.29) is 0 Å². The fourth-order valence-electron chi connectivity index (χ4n) is 5.33. The van der Waals surface area contributed by atoms with E-state index >= 15 is 0 Å². The van der Waals surface area contributed by atoms with Crippen molar-refractivity contribution >= 4 is 0 Å². The van der Waals surface area contributed by atoms with Gasteiger partial charge in [-0.25, -0.2) is 0 Å². The van der Waals surface area contributed by atoms with Gasteiger partial charge in [0.1, 0.15) is 5.69 Å². The molecule has 1 aliphatic heterocycles. The summed E-state index contributed by atoms with van der Waals surface area (Å²) in [5.41, 5.74) is 5.41. The summed E-state index contributed by atoms with van der Waals surface area (Å²) in [5.74, 6) is 2.76. The normalized spacial score (nSPS) is 23.3. The van der Waals surface area contributed by atoms with Gasteiger partial charge in [0.15, 0.2) is 0 Å². The highest BCUT2D eigenvalue weighted by Gasteiger charge is 2.41. The second-order valence-corrected chi connectivity index (χ2v) is 9.19. The number of rotatable bonds is 6. The lowest BCUT2D eigenvalue weighted by Gasteiger charge is -2.19. The Morgan fingerprint density at radius 3 is 2.48 bits per heavy atom. The van der Waals surface area contributed by atoms with E-state index < -0.39 is 0 Å². The zero-order chi connectivity index (χ0) is 21.4. The van der Waals surface area contributed by atoms with Crippen LogP contribution in [-0.2, 0) is 13.6 Å². The lowest BCUT2D eigenvalue weighted by molar-refractivity contribution is 0.219. The van der Waals surface area contributed by atoms with E-state index in [0.29, 0.717) is 11.8 Å². The Kier molecular flexibility index (Phi) is 5.44. The van der Waals surface area contributed by atoms with Gasteiger partial charge in [-0.2, -0.15) is 5.10 Å². The first-order valence-electron chi connectivity index (χ1n) is 11.1. The number of hydrogen-bond donors (Lipinski definition) is 0. The molecule has 3 aromatic rings. The van der Waals surface area contributed by atoms with E-state index in [1.807, 2.05) is 49.2 Å². The van der Waals surface area contributed by atoms with Crippen molar-refractivity contribution in [2.45, 2.75) is 33.2 Å². The molecule has 7 heteroatoms. The maximum Gasteiger partial charge on any atom is 0.233 e. The summed E-state index contributed by atoms with van der Waals surface area (Å²) < 4.78 is 7.84. The fourth-order valence-corrected chi connectivity index (χ4v) is 5.33. The number of likely N-dealkylation sites (tertiary alicyclic amines) is 1. The molecule has 1 saturated carbocycles. The van der Waals surface area contributed by atoms with E-state index in [1.54, 1.807) is 0 Å². The monoisotopic (exact) mass is 418 g/mol. The standard InChI is InChI=1S/C24H30N6O/c1-16-5-4-8-25-22(16)14-30-12-19-9-18(10-20(19)13-30)15-31-23-7-6-21(27-28-23)24-17(2)11-26-29(24)3/h4-8,11,18-20H,9-10,12-15H2,1-3H3/t18?,19-,20+. The van der Waals surface area contributed by atoms with E-state index in [9.17, 15) is 0 Å². The molecule has 1 aliphatic carbocycles. The number of fused-ring (bicyclic) bond motifs is 1. The Balaban J connectivity index is 1.12. The summed E-state index contributed by atoms with van der Waals surface area (Å²) >= 11 is 0. The van der Waals surface area contributed by atoms with Gasteiger partial charge < -0.3 is 4.74 Å². The molecule has 7 nitrogen and oxygen atoms in total. The van der Waals surface area contributed by atoms with Crippen LogP contribution in [0.5, 0.6) is 5.88 Å². The van der Waals surface area contributed by atoms with E-state index in [0.717, 1.165) is 41.9 Å². The first-order valence-corrected chi connectivity index (χ1v) is 11.1. The van der Waals surface area contributed by atoms with Crippen LogP contribution in [0.15, 0.2) is 36.7 Å². The summed E-state index contributed by atoms with van der Waals surface area (Å²) in [4.78, 5) is 7.14. The molecule has 162 valence electrons. The SMILES string of the molecule is Cc1cccnc1CN1C[C@H]2CC(COc3ccc(-c4c(C)cnn4C)nn3)C[C@H]2C1. The molecule has 0 bridgehead atoms. The molecule has 2 fully saturated rings. The topological polar surface area (TPSA) is 69.0 Å². The van der Waals surface area contributed by atoms with Crippen molar-refractivity contribution in [1.29, 1.82) is 0 Å². The van der Waals surface area contributed by atoms with Crippen molar-refractivity contribution < 1.29 is 4.74 Å². The molecule has 5 rings (SSSR count). The largest absolute Gasteiger partial charge is 0.476 e. The molecule has 31 heavy (non-hydrogen) atoms. The van der Waals surface area contributed by atoms with Crippen molar-refractivity contribution in [3.05, 3.63) is 53.5 Å². The molecule has 1 saturated heterocycles. The van der Waals surface area contributed by atoms with Crippen molar-refractivity contribution in [1.82, 2.24) is 29.9 Å². The van der Waals surface area contributed by atoms with Gasteiger partial charge in [-0.1, -0.05) is 6.07 Å². The second kappa shape index (κ2) is 8.38. The first kappa shape index (κ1) is 20.1. The zero-order valence-corrected chi connectivity index (χ0v) is 18.5. The lowest BCUT2D eigenvalue weighted by atomic mass is 10.0. The smallest absolute Gasteiger partial charge is 0.233 e. The molecule has 0 radical (unpaired) electrons. The zero-order valence-electron chi connectivity index (χ0n) is 18.5. The predicted molar refractivity (Wildman–Crippen MR) is 118 cm³/mol. The van der Waals surface area contributed by atoms with Gasteiger partial charge in [-0.15, -0.1) is 10.2 Å². The number of nitrogens with zero attached hydrogens (tertiary/aromatic N) is 6. The quantitative estimate of drug-likeness (QED) is 0.611. The highest BCUT2D eigenvalue weighted by atomic mass is 16.5. The highest BCUT2D eigenvalue weighted by Crippen LogP contribution is 2.42. The van der Waals surface area contributed by atoms with Crippen LogP contribution in [0.3, 0.4) is 0 Å². The predicted octanol–water partition coefficient (Wildman–Crippen LogP) is 3.43. The van der Waals surface area contributed by atoms with Crippen LogP contribution in [0.25, 0.3) is 11.4 Å². The molecule has 3 aromatic heterocycles. The third-order valence-electron chi connectivity index (χ3n) is 6.89. The van der Waals surface area contributed by atoms with E-state index in [2.05, 4.69) is 38.2 Å². The Labute approximate surface area is 183 Å². The summed E-state index contributed by atoms with van der Waals surface area (Å²) in [7, 11) is 1.92. The fraction of sp³-hybridized carbons (Fsp3) is 0.500. The average Bonchev–Trinajstić information content (AvgIpc) is 3.42. The van der Waals surface area contributed by atoms with Gasteiger partial charge in [0.2, 0.25) is 5.88 Å². The highest BCUT2D eigenvalue weighted by molar-refractivity contribution is 5.58. The molecule has 4 heterocycles. The van der Waals surface area contributed by atoms with Crippen LogP contribution in [-0.4, -0.2) is 49.6 Å². The maximum atomic E-state index is 6.01. The Bertz CT molecular complexity index is 1010. The Morgan fingerprint density at radius 1 is 1.03 bits per heavy atom. The van der Waals surface area contributed by atoms with Gasteiger partial charge in [0.05, 0.1) is 24.2 Å². The molecule has 0 N–H and O–H groups in total. The van der Waals surface area contributed by atoms with Crippen molar-refractivity contribution in [2.24, 2.45) is 24.8 Å². The Hall–Kier alpha value is -2.80. The van der Waals surface area contributed by atoms with Crippen LogP contribution in [0.1, 0.15) is 29.7 Å². The third kappa shape index (κ3) is 4.19.